The third-order valence-electron chi connectivity index (χ3n) is 3.76. The number of rotatable bonds is 8. The van der Waals surface area contributed by atoms with Gasteiger partial charge in [-0.3, -0.25) is 4.79 Å². The molecule has 0 saturated carbocycles. The highest BCUT2D eigenvalue weighted by Crippen LogP contribution is 2.27. The molecule has 8 heteroatoms. The summed E-state index contributed by atoms with van der Waals surface area (Å²) >= 11 is 6.04. The van der Waals surface area contributed by atoms with Crippen LogP contribution >= 0.6 is 11.6 Å². The van der Waals surface area contributed by atoms with Crippen LogP contribution < -0.4 is 14.8 Å². The van der Waals surface area contributed by atoms with Crippen molar-refractivity contribution in [1.29, 1.82) is 0 Å². The van der Waals surface area contributed by atoms with Crippen LogP contribution in [0.5, 0.6) is 5.75 Å². The Morgan fingerprint density at radius 1 is 1.15 bits per heavy atom. The predicted molar refractivity (Wildman–Crippen MR) is 106 cm³/mol. The fourth-order valence-electron chi connectivity index (χ4n) is 2.49. The van der Waals surface area contributed by atoms with E-state index in [1.165, 1.54) is 25.3 Å². The highest BCUT2D eigenvalue weighted by Gasteiger charge is 2.27. The van der Waals surface area contributed by atoms with Crippen molar-refractivity contribution < 1.29 is 17.9 Å². The zero-order valence-electron chi connectivity index (χ0n) is 15.4. The number of halogens is 1. The lowest BCUT2D eigenvalue weighted by molar-refractivity contribution is -0.123. The molecule has 0 spiro atoms. The second-order valence-electron chi connectivity index (χ2n) is 6.32. The number of nitrogens with one attached hydrogen (secondary N) is 2. The first-order valence-corrected chi connectivity index (χ1v) is 10.3. The Kier molecular flexibility index (Phi) is 7.24. The van der Waals surface area contributed by atoms with Crippen molar-refractivity contribution in [2.75, 3.05) is 7.11 Å². The molecule has 2 aromatic rings. The molecule has 0 aliphatic heterocycles. The molecule has 0 saturated heterocycles. The summed E-state index contributed by atoms with van der Waals surface area (Å²) in [5, 5.41) is 2.93. The van der Waals surface area contributed by atoms with Gasteiger partial charge >= 0.3 is 0 Å². The normalized spacial score (nSPS) is 12.6. The molecular formula is C19H23ClN2O4S. The first-order valence-electron chi connectivity index (χ1n) is 8.43. The van der Waals surface area contributed by atoms with Crippen molar-refractivity contribution in [2.24, 2.45) is 0 Å². The minimum absolute atomic E-state index is 0.0382. The van der Waals surface area contributed by atoms with Crippen molar-refractivity contribution >= 4 is 27.5 Å². The van der Waals surface area contributed by atoms with Gasteiger partial charge in [0.25, 0.3) is 0 Å². The zero-order chi connectivity index (χ0) is 20.0. The second-order valence-corrected chi connectivity index (χ2v) is 8.44. The lowest BCUT2D eigenvalue weighted by Crippen LogP contribution is -2.49. The molecule has 0 unspecified atom stereocenters. The van der Waals surface area contributed by atoms with Crippen LogP contribution in [0.1, 0.15) is 19.4 Å². The third kappa shape index (κ3) is 5.95. The number of carbonyl (C=O) groups is 1. The second kappa shape index (κ2) is 9.21. The van der Waals surface area contributed by atoms with Crippen LogP contribution in [0, 0.1) is 0 Å². The number of amides is 1. The summed E-state index contributed by atoms with van der Waals surface area (Å²) < 4.78 is 33.1. The largest absolute Gasteiger partial charge is 0.495 e. The number of ether oxygens (including phenoxy) is 1. The van der Waals surface area contributed by atoms with Gasteiger partial charge in [0.1, 0.15) is 11.8 Å². The Morgan fingerprint density at radius 3 is 2.37 bits per heavy atom. The smallest absolute Gasteiger partial charge is 0.241 e. The van der Waals surface area contributed by atoms with E-state index in [0.717, 1.165) is 5.56 Å². The van der Waals surface area contributed by atoms with E-state index in [1.54, 1.807) is 0 Å². The van der Waals surface area contributed by atoms with Crippen molar-refractivity contribution in [1.82, 2.24) is 10.0 Å². The summed E-state index contributed by atoms with van der Waals surface area (Å²) in [6, 6.07) is 12.3. The molecule has 146 valence electrons. The summed E-state index contributed by atoms with van der Waals surface area (Å²) in [7, 11) is -2.51. The van der Waals surface area contributed by atoms with Crippen molar-refractivity contribution in [3.8, 4) is 5.75 Å². The molecule has 0 bridgehead atoms. The van der Waals surface area contributed by atoms with Gasteiger partial charge in [-0.05, 0) is 44.0 Å². The molecule has 0 radical (unpaired) electrons. The van der Waals surface area contributed by atoms with Gasteiger partial charge in [-0.15, -0.1) is 0 Å². The standard InChI is InChI=1S/C19H23ClN2O4S/c1-13(2)21-19(23)17(11-14-7-5-4-6-8-14)22-27(24,25)15-9-10-18(26-3)16(20)12-15/h4-10,12-13,17,22H,11H2,1-3H3,(H,21,23)/t17-/m0/s1. The monoisotopic (exact) mass is 410 g/mol. The van der Waals surface area contributed by atoms with Gasteiger partial charge in [0, 0.05) is 6.04 Å². The van der Waals surface area contributed by atoms with Gasteiger partial charge in [0.15, 0.2) is 0 Å². The van der Waals surface area contributed by atoms with E-state index in [-0.39, 0.29) is 22.4 Å². The van der Waals surface area contributed by atoms with Gasteiger partial charge in [-0.1, -0.05) is 41.9 Å². The summed E-state index contributed by atoms with van der Waals surface area (Å²) in [6.07, 6.45) is 0.225. The Hall–Kier alpha value is -2.09. The molecule has 2 rings (SSSR count). The molecular weight excluding hydrogens is 388 g/mol. The first kappa shape index (κ1) is 21.2. The lowest BCUT2D eigenvalue weighted by Gasteiger charge is -2.20. The topological polar surface area (TPSA) is 84.5 Å². The first-order chi connectivity index (χ1) is 12.7. The van der Waals surface area contributed by atoms with Crippen molar-refractivity contribution in [3.63, 3.8) is 0 Å². The maximum absolute atomic E-state index is 12.8. The van der Waals surface area contributed by atoms with Crippen LogP contribution in [0.15, 0.2) is 53.4 Å². The van der Waals surface area contributed by atoms with Crippen LogP contribution in [0.4, 0.5) is 0 Å². The maximum Gasteiger partial charge on any atom is 0.241 e. The van der Waals surface area contributed by atoms with Crippen LogP contribution in [0.3, 0.4) is 0 Å². The molecule has 2 aromatic carbocycles. The van der Waals surface area contributed by atoms with Gasteiger partial charge < -0.3 is 10.1 Å². The Bertz CT molecular complexity index is 886. The molecule has 0 aliphatic carbocycles. The molecule has 27 heavy (non-hydrogen) atoms. The molecule has 0 fully saturated rings. The minimum Gasteiger partial charge on any atom is -0.495 e. The van der Waals surface area contributed by atoms with E-state index >= 15 is 0 Å². The number of benzene rings is 2. The van der Waals surface area contributed by atoms with E-state index in [9.17, 15) is 13.2 Å². The Labute approximate surface area is 164 Å². The van der Waals surface area contributed by atoms with Gasteiger partial charge in [0.05, 0.1) is 17.0 Å². The van der Waals surface area contributed by atoms with Crippen LogP contribution in [-0.2, 0) is 21.2 Å². The summed E-state index contributed by atoms with van der Waals surface area (Å²) in [5.74, 6) is -0.0222. The van der Waals surface area contributed by atoms with Crippen LogP contribution in [-0.4, -0.2) is 33.5 Å². The number of hydrogen-bond donors (Lipinski definition) is 2. The molecule has 0 heterocycles. The quantitative estimate of drug-likeness (QED) is 0.700. The van der Waals surface area contributed by atoms with Gasteiger partial charge in [0.2, 0.25) is 15.9 Å². The number of carbonyl (C=O) groups excluding carboxylic acids is 1. The van der Waals surface area contributed by atoms with E-state index in [2.05, 4.69) is 10.0 Å². The number of sulfonamides is 1. The summed E-state index contributed by atoms with van der Waals surface area (Å²) in [4.78, 5) is 12.5. The van der Waals surface area contributed by atoms with E-state index < -0.39 is 22.0 Å². The van der Waals surface area contributed by atoms with Crippen molar-refractivity contribution in [2.45, 2.75) is 37.2 Å². The van der Waals surface area contributed by atoms with Gasteiger partial charge in [-0.2, -0.15) is 4.72 Å². The number of methoxy groups -OCH3 is 1. The SMILES string of the molecule is COc1ccc(S(=O)(=O)N[C@@H](Cc2ccccc2)C(=O)NC(C)C)cc1Cl. The number of hydrogen-bond acceptors (Lipinski definition) is 4. The molecule has 2 N–H and O–H groups in total. The average molecular weight is 411 g/mol. The average Bonchev–Trinajstić information content (AvgIpc) is 2.61. The molecule has 0 aliphatic rings. The highest BCUT2D eigenvalue weighted by atomic mass is 35.5. The van der Waals surface area contributed by atoms with Crippen LogP contribution in [0.25, 0.3) is 0 Å². The van der Waals surface area contributed by atoms with Gasteiger partial charge in [-0.25, -0.2) is 8.42 Å². The fourth-order valence-corrected chi connectivity index (χ4v) is 4.04. The summed E-state index contributed by atoms with van der Waals surface area (Å²) in [5.41, 5.74) is 0.844. The predicted octanol–water partition coefficient (Wildman–Crippen LogP) is 2.76. The van der Waals surface area contributed by atoms with E-state index in [1.807, 2.05) is 44.2 Å². The molecule has 6 nitrogen and oxygen atoms in total. The Balaban J connectivity index is 2.29. The zero-order valence-corrected chi connectivity index (χ0v) is 17.0. The molecule has 1 amide bonds. The minimum atomic E-state index is -3.96. The fraction of sp³-hybridized carbons (Fsp3) is 0.316. The lowest BCUT2D eigenvalue weighted by atomic mass is 10.1. The van der Waals surface area contributed by atoms with E-state index in [4.69, 9.17) is 16.3 Å². The highest BCUT2D eigenvalue weighted by molar-refractivity contribution is 7.89. The van der Waals surface area contributed by atoms with Crippen molar-refractivity contribution in [3.05, 3.63) is 59.1 Å². The molecule has 1 atom stereocenters. The van der Waals surface area contributed by atoms with E-state index in [0.29, 0.717) is 5.75 Å². The maximum atomic E-state index is 12.8. The Morgan fingerprint density at radius 2 is 1.81 bits per heavy atom. The van der Waals surface area contributed by atoms with Crippen LogP contribution in [0.2, 0.25) is 5.02 Å². The third-order valence-corrected chi connectivity index (χ3v) is 5.53. The summed E-state index contributed by atoms with van der Waals surface area (Å²) in [6.45, 7) is 3.63. The molecule has 0 aromatic heterocycles.